The van der Waals surface area contributed by atoms with E-state index in [1.54, 1.807) is 0 Å². The zero-order valence-electron chi connectivity index (χ0n) is 9.23. The summed E-state index contributed by atoms with van der Waals surface area (Å²) in [6.45, 7) is 0. The summed E-state index contributed by atoms with van der Waals surface area (Å²) in [5.41, 5.74) is 2.35. The van der Waals surface area contributed by atoms with Crippen molar-refractivity contribution in [2.24, 2.45) is 0 Å². The van der Waals surface area contributed by atoms with Crippen LogP contribution >= 0.6 is 0 Å². The van der Waals surface area contributed by atoms with E-state index >= 15 is 0 Å². The van der Waals surface area contributed by atoms with Crippen LogP contribution in [0, 0.1) is 5.82 Å². The van der Waals surface area contributed by atoms with Crippen LogP contribution in [0.5, 0.6) is 0 Å². The lowest BCUT2D eigenvalue weighted by atomic mass is 9.99. The van der Waals surface area contributed by atoms with Crippen molar-refractivity contribution >= 4 is 0 Å². The van der Waals surface area contributed by atoms with E-state index in [2.05, 4.69) is 17.4 Å². The van der Waals surface area contributed by atoms with Gasteiger partial charge in [0.25, 0.3) is 0 Å². The second-order valence-electron chi connectivity index (χ2n) is 3.77. The molecule has 0 aromatic heterocycles. The Morgan fingerprint density at radius 1 is 0.875 bits per heavy atom. The summed E-state index contributed by atoms with van der Waals surface area (Å²) in [5.74, 6) is -0.188. The van der Waals surface area contributed by atoms with Crippen LogP contribution in [0.2, 0.25) is 0 Å². The van der Waals surface area contributed by atoms with Crippen molar-refractivity contribution < 1.29 is 9.71 Å². The van der Waals surface area contributed by atoms with Gasteiger partial charge >= 0.3 is 0 Å². The van der Waals surface area contributed by atoms with E-state index in [0.29, 0.717) is 0 Å². The molecule has 0 spiro atoms. The Balaban J connectivity index is 2.33. The monoisotopic (exact) mass is 216 g/mol. The summed E-state index contributed by atoms with van der Waals surface area (Å²) < 4.78 is 12.8. The van der Waals surface area contributed by atoms with Gasteiger partial charge in [0, 0.05) is 11.1 Å². The Hall–Kier alpha value is -1.67. The SMILES string of the molecule is C[NH2+][C@@H](c1ccccc1)c1ccc(F)cc1. The van der Waals surface area contributed by atoms with E-state index in [9.17, 15) is 4.39 Å². The Labute approximate surface area is 94.9 Å². The number of rotatable bonds is 3. The first-order chi connectivity index (χ1) is 7.81. The minimum absolute atomic E-state index is 0.188. The second-order valence-corrected chi connectivity index (χ2v) is 3.77. The Kier molecular flexibility index (Phi) is 3.32. The summed E-state index contributed by atoms with van der Waals surface area (Å²) in [7, 11) is 2.03. The van der Waals surface area contributed by atoms with Gasteiger partial charge < -0.3 is 5.32 Å². The van der Waals surface area contributed by atoms with Crippen LogP contribution in [0.15, 0.2) is 54.6 Å². The van der Waals surface area contributed by atoms with Crippen molar-refractivity contribution in [3.8, 4) is 0 Å². The second kappa shape index (κ2) is 4.90. The fraction of sp³-hybridized carbons (Fsp3) is 0.143. The Bertz CT molecular complexity index is 436. The maximum absolute atomic E-state index is 12.8. The van der Waals surface area contributed by atoms with Crippen LogP contribution in [-0.2, 0) is 0 Å². The lowest BCUT2D eigenvalue weighted by Gasteiger charge is -2.13. The van der Waals surface area contributed by atoms with Gasteiger partial charge in [0.15, 0.2) is 0 Å². The van der Waals surface area contributed by atoms with Gasteiger partial charge in [0.2, 0.25) is 0 Å². The zero-order valence-corrected chi connectivity index (χ0v) is 9.23. The van der Waals surface area contributed by atoms with Crippen molar-refractivity contribution in [1.29, 1.82) is 0 Å². The summed E-state index contributed by atoms with van der Waals surface area (Å²) >= 11 is 0. The molecule has 16 heavy (non-hydrogen) atoms. The van der Waals surface area contributed by atoms with E-state index in [0.717, 1.165) is 5.56 Å². The van der Waals surface area contributed by atoms with Gasteiger partial charge in [-0.2, -0.15) is 0 Å². The molecule has 82 valence electrons. The molecule has 0 aliphatic carbocycles. The lowest BCUT2D eigenvalue weighted by molar-refractivity contribution is -0.660. The molecular weight excluding hydrogens is 201 g/mol. The molecule has 0 fully saturated rings. The molecule has 0 saturated carbocycles. The molecule has 0 saturated heterocycles. The molecule has 0 bridgehead atoms. The summed E-state index contributed by atoms with van der Waals surface area (Å²) in [6.07, 6.45) is 0. The smallest absolute Gasteiger partial charge is 0.137 e. The fourth-order valence-electron chi connectivity index (χ4n) is 1.91. The predicted octanol–water partition coefficient (Wildman–Crippen LogP) is 2.11. The minimum Gasteiger partial charge on any atom is -0.339 e. The average molecular weight is 216 g/mol. The van der Waals surface area contributed by atoms with Crippen molar-refractivity contribution in [2.45, 2.75) is 6.04 Å². The third-order valence-electron chi connectivity index (χ3n) is 2.72. The van der Waals surface area contributed by atoms with Crippen molar-refractivity contribution in [3.63, 3.8) is 0 Å². The van der Waals surface area contributed by atoms with Crippen molar-refractivity contribution in [2.75, 3.05) is 7.05 Å². The van der Waals surface area contributed by atoms with Gasteiger partial charge in [-0.25, -0.2) is 4.39 Å². The summed E-state index contributed by atoms with van der Waals surface area (Å²) in [6, 6.07) is 17.2. The van der Waals surface area contributed by atoms with Crippen LogP contribution in [0.1, 0.15) is 17.2 Å². The first kappa shape index (κ1) is 10.8. The molecule has 0 unspecified atom stereocenters. The number of nitrogens with two attached hydrogens (primary N) is 1. The average Bonchev–Trinajstić information content (AvgIpc) is 2.34. The highest BCUT2D eigenvalue weighted by Gasteiger charge is 2.14. The number of hydrogen-bond acceptors (Lipinski definition) is 0. The number of hydrogen-bond donors (Lipinski definition) is 1. The zero-order chi connectivity index (χ0) is 11.4. The van der Waals surface area contributed by atoms with Crippen molar-refractivity contribution in [3.05, 3.63) is 71.5 Å². The third-order valence-corrected chi connectivity index (χ3v) is 2.72. The van der Waals surface area contributed by atoms with E-state index in [1.807, 2.05) is 37.4 Å². The van der Waals surface area contributed by atoms with Gasteiger partial charge in [0.1, 0.15) is 11.9 Å². The van der Waals surface area contributed by atoms with E-state index in [1.165, 1.54) is 17.7 Å². The maximum Gasteiger partial charge on any atom is 0.137 e. The maximum atomic E-state index is 12.8. The molecule has 1 atom stereocenters. The van der Waals surface area contributed by atoms with E-state index < -0.39 is 0 Å². The van der Waals surface area contributed by atoms with Crippen molar-refractivity contribution in [1.82, 2.24) is 0 Å². The molecule has 2 rings (SSSR count). The van der Waals surface area contributed by atoms with Gasteiger partial charge in [0.05, 0.1) is 7.05 Å². The largest absolute Gasteiger partial charge is 0.339 e. The van der Waals surface area contributed by atoms with Crippen LogP contribution in [0.4, 0.5) is 4.39 Å². The standard InChI is InChI=1S/C14H14FN/c1-16-14(11-5-3-2-4-6-11)12-7-9-13(15)10-8-12/h2-10,14,16H,1H3/p+1/t14-/m0/s1. The normalized spacial score (nSPS) is 12.4. The number of quaternary nitrogens is 1. The number of halogens is 1. The first-order valence-electron chi connectivity index (χ1n) is 5.41. The molecular formula is C14H15FN+. The molecule has 2 aromatic rings. The van der Waals surface area contributed by atoms with Gasteiger partial charge in [-0.1, -0.05) is 30.3 Å². The highest BCUT2D eigenvalue weighted by atomic mass is 19.1. The lowest BCUT2D eigenvalue weighted by Crippen LogP contribution is -2.81. The van der Waals surface area contributed by atoms with Crippen LogP contribution < -0.4 is 5.32 Å². The molecule has 0 radical (unpaired) electrons. The fourth-order valence-corrected chi connectivity index (χ4v) is 1.91. The topological polar surface area (TPSA) is 16.6 Å². The molecule has 2 heteroatoms. The summed E-state index contributed by atoms with van der Waals surface area (Å²) in [4.78, 5) is 0. The number of benzene rings is 2. The molecule has 0 aliphatic rings. The van der Waals surface area contributed by atoms with E-state index in [-0.39, 0.29) is 11.9 Å². The Morgan fingerprint density at radius 3 is 2.00 bits per heavy atom. The van der Waals surface area contributed by atoms with Crippen LogP contribution in [0.25, 0.3) is 0 Å². The first-order valence-corrected chi connectivity index (χ1v) is 5.41. The molecule has 0 amide bonds. The molecule has 2 N–H and O–H groups in total. The Morgan fingerprint density at radius 2 is 1.44 bits per heavy atom. The van der Waals surface area contributed by atoms with Gasteiger partial charge in [-0.3, -0.25) is 0 Å². The molecule has 1 nitrogen and oxygen atoms in total. The molecule has 0 aliphatic heterocycles. The van der Waals surface area contributed by atoms with Crippen LogP contribution in [0.3, 0.4) is 0 Å². The minimum atomic E-state index is -0.188. The predicted molar refractivity (Wildman–Crippen MR) is 62.5 cm³/mol. The van der Waals surface area contributed by atoms with Crippen LogP contribution in [-0.4, -0.2) is 7.05 Å². The van der Waals surface area contributed by atoms with E-state index in [4.69, 9.17) is 0 Å². The highest BCUT2D eigenvalue weighted by molar-refractivity contribution is 5.29. The summed E-state index contributed by atoms with van der Waals surface area (Å²) in [5, 5.41) is 2.13. The van der Waals surface area contributed by atoms with Gasteiger partial charge in [-0.05, 0) is 24.3 Å². The highest BCUT2D eigenvalue weighted by Crippen LogP contribution is 2.18. The third kappa shape index (κ3) is 2.28. The quantitative estimate of drug-likeness (QED) is 0.809. The molecule has 2 aromatic carbocycles. The van der Waals surface area contributed by atoms with Gasteiger partial charge in [-0.15, -0.1) is 0 Å². The molecule has 0 heterocycles.